The fourth-order valence-corrected chi connectivity index (χ4v) is 2.24. The molecular formula is C11H27N3O6S2. The van der Waals surface area contributed by atoms with E-state index in [9.17, 15) is 21.6 Å². The van der Waals surface area contributed by atoms with Gasteiger partial charge in [-0.25, -0.2) is 27.1 Å². The molecule has 0 aliphatic rings. The lowest BCUT2D eigenvalue weighted by molar-refractivity contribution is -0.142. The van der Waals surface area contributed by atoms with Crippen molar-refractivity contribution < 1.29 is 26.4 Å². The Morgan fingerprint density at radius 3 is 1.95 bits per heavy atom. The molecule has 22 heavy (non-hydrogen) atoms. The van der Waals surface area contributed by atoms with Crippen LogP contribution >= 0.6 is 0 Å². The highest BCUT2D eigenvalue weighted by atomic mass is 32.2. The van der Waals surface area contributed by atoms with Gasteiger partial charge in [-0.2, -0.15) is 0 Å². The molecule has 1 unspecified atom stereocenters. The van der Waals surface area contributed by atoms with Crippen LogP contribution in [0.1, 0.15) is 33.1 Å². The first-order chi connectivity index (χ1) is 9.93. The van der Waals surface area contributed by atoms with Crippen molar-refractivity contribution in [3.63, 3.8) is 0 Å². The number of hydrogen-bond donors (Lipinski definition) is 3. The number of rotatable bonds is 9. The van der Waals surface area contributed by atoms with Gasteiger partial charge >= 0.3 is 5.97 Å². The lowest BCUT2D eigenvalue weighted by atomic mass is 10.3. The summed E-state index contributed by atoms with van der Waals surface area (Å²) in [5, 5.41) is 12.2. The number of primary sulfonamides is 2. The van der Waals surface area contributed by atoms with Crippen LogP contribution in [-0.4, -0.2) is 54.0 Å². The molecule has 0 saturated carbocycles. The van der Waals surface area contributed by atoms with Gasteiger partial charge in [0.2, 0.25) is 20.0 Å². The smallest absolute Gasteiger partial charge is 0.322 e. The predicted octanol–water partition coefficient (Wildman–Crippen LogP) is -1.11. The molecule has 0 fully saturated rings. The van der Waals surface area contributed by atoms with Gasteiger partial charge in [0.1, 0.15) is 6.04 Å². The zero-order chi connectivity index (χ0) is 17.8. The Morgan fingerprint density at radius 1 is 1.09 bits per heavy atom. The summed E-state index contributed by atoms with van der Waals surface area (Å²) in [6.07, 6.45) is 2.65. The highest BCUT2D eigenvalue weighted by molar-refractivity contribution is 7.89. The van der Waals surface area contributed by atoms with Crippen LogP contribution in [0.3, 0.4) is 0 Å². The number of unbranched alkanes of at least 4 members (excludes halogenated alkanes) is 2. The Labute approximate surface area is 132 Å². The molecule has 9 nitrogen and oxygen atoms in total. The number of carbonyl (C=O) groups is 1. The van der Waals surface area contributed by atoms with Crippen molar-refractivity contribution in [1.82, 2.24) is 5.32 Å². The van der Waals surface area contributed by atoms with Crippen molar-refractivity contribution in [2.24, 2.45) is 10.3 Å². The van der Waals surface area contributed by atoms with E-state index in [2.05, 4.69) is 10.1 Å². The van der Waals surface area contributed by atoms with E-state index < -0.39 is 32.1 Å². The van der Waals surface area contributed by atoms with Crippen molar-refractivity contribution in [1.29, 1.82) is 0 Å². The van der Waals surface area contributed by atoms with Crippen molar-refractivity contribution in [3.8, 4) is 0 Å². The van der Waals surface area contributed by atoms with Gasteiger partial charge < -0.3 is 10.1 Å². The molecule has 0 rings (SSSR count). The maximum atomic E-state index is 10.8. The molecule has 0 radical (unpaired) electrons. The van der Waals surface area contributed by atoms with Gasteiger partial charge in [0.05, 0.1) is 18.6 Å². The normalized spacial score (nSPS) is 13.0. The van der Waals surface area contributed by atoms with Crippen molar-refractivity contribution in [2.45, 2.75) is 39.2 Å². The Bertz CT molecular complexity index is 504. The number of methoxy groups -OCH3 is 1. The monoisotopic (exact) mass is 361 g/mol. The number of nitrogens with two attached hydrogens (primary N) is 2. The van der Waals surface area contributed by atoms with Crippen LogP contribution in [0, 0.1) is 0 Å². The molecule has 11 heteroatoms. The zero-order valence-corrected chi connectivity index (χ0v) is 14.9. The molecule has 0 saturated heterocycles. The first kappa shape index (κ1) is 23.5. The summed E-state index contributed by atoms with van der Waals surface area (Å²) in [6, 6.07) is -0.522. The fourth-order valence-electron chi connectivity index (χ4n) is 1.23. The molecule has 0 bridgehead atoms. The molecular weight excluding hydrogens is 334 g/mol. The summed E-state index contributed by atoms with van der Waals surface area (Å²) in [5.74, 6) is -0.510. The minimum Gasteiger partial charge on any atom is -0.468 e. The van der Waals surface area contributed by atoms with Gasteiger partial charge in [-0.15, -0.1) is 0 Å². The molecule has 5 N–H and O–H groups in total. The zero-order valence-electron chi connectivity index (χ0n) is 13.2. The van der Waals surface area contributed by atoms with Crippen LogP contribution in [0.15, 0.2) is 0 Å². The minimum absolute atomic E-state index is 0.126. The third kappa shape index (κ3) is 19.2. The predicted molar refractivity (Wildman–Crippen MR) is 85.0 cm³/mol. The molecule has 0 heterocycles. The highest BCUT2D eigenvalue weighted by Crippen LogP contribution is 1.94. The Morgan fingerprint density at radius 2 is 1.59 bits per heavy atom. The first-order valence-electron chi connectivity index (χ1n) is 6.75. The van der Waals surface area contributed by atoms with Gasteiger partial charge in [0.15, 0.2) is 0 Å². The summed E-state index contributed by atoms with van der Waals surface area (Å²) < 4.78 is 45.9. The summed E-state index contributed by atoms with van der Waals surface area (Å²) in [7, 11) is -5.40. The molecule has 0 amide bonds. The number of esters is 1. The van der Waals surface area contributed by atoms with E-state index in [-0.39, 0.29) is 18.1 Å². The lowest BCUT2D eigenvalue weighted by Gasteiger charge is -2.09. The Hall–Kier alpha value is -0.750. The second-order valence-electron chi connectivity index (χ2n) is 4.64. The fraction of sp³-hybridized carbons (Fsp3) is 0.909. The molecule has 0 aromatic rings. The van der Waals surface area contributed by atoms with Crippen LogP contribution in [0.25, 0.3) is 0 Å². The number of hydrogen-bond acceptors (Lipinski definition) is 7. The second kappa shape index (κ2) is 11.8. The number of ether oxygens (including phenoxy) is 1. The number of sulfonamides is 2. The van der Waals surface area contributed by atoms with Crippen molar-refractivity contribution >= 4 is 26.0 Å². The van der Waals surface area contributed by atoms with Crippen LogP contribution in [-0.2, 0) is 29.6 Å². The summed E-state index contributed by atoms with van der Waals surface area (Å²) in [6.45, 7) is 3.73. The number of carbonyl (C=O) groups excluding carboxylic acids is 1. The third-order valence-corrected chi connectivity index (χ3v) is 4.06. The van der Waals surface area contributed by atoms with Gasteiger partial charge in [-0.05, 0) is 13.3 Å². The Kier molecular flexibility index (Phi) is 12.6. The molecule has 0 aromatic carbocycles. The van der Waals surface area contributed by atoms with Crippen LogP contribution in [0.5, 0.6) is 0 Å². The van der Waals surface area contributed by atoms with E-state index in [4.69, 9.17) is 10.3 Å². The lowest BCUT2D eigenvalue weighted by Crippen LogP contribution is -2.38. The second-order valence-corrected chi connectivity index (χ2v) is 8.11. The molecule has 134 valence electrons. The first-order valence-corrected chi connectivity index (χ1v) is 10.2. The van der Waals surface area contributed by atoms with Crippen LogP contribution < -0.4 is 15.6 Å². The van der Waals surface area contributed by atoms with Crippen LogP contribution in [0.4, 0.5) is 0 Å². The molecule has 0 aliphatic carbocycles. The van der Waals surface area contributed by atoms with Crippen molar-refractivity contribution in [3.05, 3.63) is 0 Å². The SMILES string of the molecule is CCCCCS(N)(=O)=O.COC(=O)C(C)NCCS(N)(=O)=O. The van der Waals surface area contributed by atoms with Gasteiger partial charge in [0.25, 0.3) is 0 Å². The summed E-state index contributed by atoms with van der Waals surface area (Å²) >= 11 is 0. The Balaban J connectivity index is 0. The standard InChI is InChI=1S/C6H14N2O4S.C5H13NO2S/c1-5(6(9)12-2)8-3-4-13(7,10)11;1-2-3-4-5-9(6,7)8/h5,8H,3-4H2,1-2H3,(H2,7,10,11);2-5H2,1H3,(H2,6,7,8). The maximum absolute atomic E-state index is 10.8. The van der Waals surface area contributed by atoms with E-state index in [1.165, 1.54) is 7.11 Å². The molecule has 0 aromatic heterocycles. The van der Waals surface area contributed by atoms with E-state index in [0.29, 0.717) is 6.42 Å². The summed E-state index contributed by atoms with van der Waals surface area (Å²) in [4.78, 5) is 10.8. The largest absolute Gasteiger partial charge is 0.468 e. The minimum atomic E-state index is -3.47. The van der Waals surface area contributed by atoms with E-state index in [0.717, 1.165) is 12.8 Å². The van der Waals surface area contributed by atoms with Gasteiger partial charge in [-0.1, -0.05) is 19.8 Å². The topological polar surface area (TPSA) is 159 Å². The van der Waals surface area contributed by atoms with Gasteiger partial charge in [-0.3, -0.25) is 4.79 Å². The summed E-state index contributed by atoms with van der Waals surface area (Å²) in [5.41, 5.74) is 0. The average Bonchev–Trinajstić information content (AvgIpc) is 2.35. The molecule has 0 spiro atoms. The molecule has 1 atom stereocenters. The molecule has 0 aliphatic heterocycles. The quantitative estimate of drug-likeness (QED) is 0.347. The maximum Gasteiger partial charge on any atom is 0.322 e. The van der Waals surface area contributed by atoms with Crippen LogP contribution in [0.2, 0.25) is 0 Å². The highest BCUT2D eigenvalue weighted by Gasteiger charge is 2.12. The van der Waals surface area contributed by atoms with Gasteiger partial charge in [0, 0.05) is 6.54 Å². The van der Waals surface area contributed by atoms with E-state index in [1.807, 2.05) is 6.92 Å². The third-order valence-electron chi connectivity index (χ3n) is 2.42. The van der Waals surface area contributed by atoms with Crippen molar-refractivity contribution in [2.75, 3.05) is 25.2 Å². The van der Waals surface area contributed by atoms with E-state index >= 15 is 0 Å². The number of nitrogens with one attached hydrogen (secondary N) is 1. The average molecular weight is 361 g/mol. The van der Waals surface area contributed by atoms with E-state index in [1.54, 1.807) is 6.92 Å².